The number of fused-ring (bicyclic) bond motifs is 3. The fraction of sp³-hybridized carbons (Fsp3) is 0.163. The van der Waals surface area contributed by atoms with Gasteiger partial charge in [0, 0.05) is 29.5 Å². The fourth-order valence-corrected chi connectivity index (χ4v) is 21.3. The first-order valence-electron chi connectivity index (χ1n) is 17.1. The van der Waals surface area contributed by atoms with E-state index in [1.165, 1.54) is 42.5 Å². The van der Waals surface area contributed by atoms with E-state index < -0.39 is 24.2 Å². The molecule has 0 saturated carbocycles. The molecule has 1 aliphatic rings. The predicted octanol–water partition coefficient (Wildman–Crippen LogP) is 7.88. The Kier molecular flexibility index (Phi) is 9.05. The van der Waals surface area contributed by atoms with E-state index in [1.807, 2.05) is 0 Å². The number of anilines is 1. The molecule has 0 amide bonds. The summed E-state index contributed by atoms with van der Waals surface area (Å²) >= 11 is 4.17. The van der Waals surface area contributed by atoms with Gasteiger partial charge >= 0.3 is 0 Å². The summed E-state index contributed by atoms with van der Waals surface area (Å²) in [5, 5.41) is 6.16. The first-order valence-corrected chi connectivity index (χ1v) is 26.9. The zero-order valence-electron chi connectivity index (χ0n) is 29.6. The third kappa shape index (κ3) is 6.26. The average molecular weight is 724 g/mol. The number of thiophene rings is 2. The van der Waals surface area contributed by atoms with Gasteiger partial charge in [-0.1, -0.05) is 164 Å². The van der Waals surface area contributed by atoms with Crippen molar-refractivity contribution in [3.05, 3.63) is 149 Å². The Labute approximate surface area is 304 Å². The first-order chi connectivity index (χ1) is 23.5. The van der Waals surface area contributed by atoms with Crippen LogP contribution < -0.4 is 34.6 Å². The monoisotopic (exact) mass is 723 g/mol. The normalized spacial score (nSPS) is 14.0. The molecule has 1 nitrogen and oxygen atoms in total. The van der Waals surface area contributed by atoms with Crippen LogP contribution in [0.2, 0.25) is 26.2 Å². The van der Waals surface area contributed by atoms with Gasteiger partial charge in [-0.25, -0.2) is 0 Å². The number of hydrogen-bond acceptors (Lipinski definition) is 3. The molecule has 0 fully saturated rings. The Morgan fingerprint density at radius 2 is 0.959 bits per heavy atom. The summed E-state index contributed by atoms with van der Waals surface area (Å²) in [5.41, 5.74) is 10.2. The van der Waals surface area contributed by atoms with Gasteiger partial charge in [-0.15, -0.1) is 22.7 Å². The first kappa shape index (κ1) is 33.7. The van der Waals surface area contributed by atoms with Crippen molar-refractivity contribution in [2.24, 2.45) is 0 Å². The van der Waals surface area contributed by atoms with Gasteiger partial charge in [0.15, 0.2) is 8.07 Å². The Hall–Kier alpha value is -3.79. The molecule has 3 heterocycles. The van der Waals surface area contributed by atoms with Crippen molar-refractivity contribution < 1.29 is 0 Å². The standard InChI is InChI=1S/C43H45NS2Si3/c1-32-18-20-33(21-19-32)26-28-47(4,5)40-30-38-42(45-40)43-39(49(38,36-14-10-8-11-15-36)37-16-12-9-13-17-37)31-41(46-43)48(6,7)29-27-34-22-24-35(25-23-34)44(2)3/h8-31H,1-7H3/b28-26+,29-27+. The molecule has 0 spiro atoms. The van der Waals surface area contributed by atoms with Crippen LogP contribution >= 0.6 is 22.7 Å². The largest absolute Gasteiger partial charge is 0.378 e. The van der Waals surface area contributed by atoms with Gasteiger partial charge in [0.05, 0.1) is 0 Å². The molecular weight excluding hydrogens is 679 g/mol. The molecule has 0 atom stereocenters. The smallest absolute Gasteiger partial charge is 0.182 e. The zero-order chi connectivity index (χ0) is 34.4. The van der Waals surface area contributed by atoms with Crippen molar-refractivity contribution in [3.63, 3.8) is 0 Å². The number of rotatable bonds is 9. The molecule has 49 heavy (non-hydrogen) atoms. The molecule has 1 aliphatic heterocycles. The third-order valence-corrected chi connectivity index (χ3v) is 25.9. The molecule has 6 aromatic rings. The Morgan fingerprint density at radius 3 is 1.37 bits per heavy atom. The maximum atomic E-state index is 2.66. The molecule has 0 radical (unpaired) electrons. The van der Waals surface area contributed by atoms with Crippen LogP contribution in [0, 0.1) is 6.92 Å². The maximum absolute atomic E-state index is 2.66. The third-order valence-electron chi connectivity index (χ3n) is 10.0. The van der Waals surface area contributed by atoms with Gasteiger partial charge in [-0.2, -0.15) is 0 Å². The maximum Gasteiger partial charge on any atom is 0.182 e. The highest BCUT2D eigenvalue weighted by Gasteiger charge is 2.52. The lowest BCUT2D eigenvalue weighted by Gasteiger charge is -2.30. The van der Waals surface area contributed by atoms with E-state index in [0.29, 0.717) is 0 Å². The van der Waals surface area contributed by atoms with Crippen LogP contribution in [-0.4, -0.2) is 38.3 Å². The van der Waals surface area contributed by atoms with Crippen LogP contribution in [0.3, 0.4) is 0 Å². The van der Waals surface area contributed by atoms with Crippen LogP contribution in [-0.2, 0) is 0 Å². The summed E-state index contributed by atoms with van der Waals surface area (Å²) in [6.07, 6.45) is 4.72. The molecule has 0 N–H and O–H groups in total. The van der Waals surface area contributed by atoms with Crippen LogP contribution in [0.4, 0.5) is 5.69 Å². The van der Waals surface area contributed by atoms with E-state index in [2.05, 4.69) is 220 Å². The molecule has 2 aromatic heterocycles. The summed E-state index contributed by atoms with van der Waals surface area (Å²) in [6.45, 7) is 12.2. The van der Waals surface area contributed by atoms with Crippen molar-refractivity contribution >= 4 is 94.5 Å². The highest BCUT2D eigenvalue weighted by molar-refractivity contribution is 7.41. The van der Waals surface area contributed by atoms with E-state index in [4.69, 9.17) is 0 Å². The molecule has 4 aromatic carbocycles. The molecular formula is C43H45NS2Si3. The SMILES string of the molecule is Cc1ccc(/C=C/[Si](C)(C)c2cc3c(s2)-c2sc([Si](C)(C)/C=C/c4ccc(N(C)C)cc4)cc2[Si]3(c2ccccc2)c2ccccc2)cc1. The molecule has 0 saturated heterocycles. The van der Waals surface area contributed by atoms with Crippen LogP contribution in [0.15, 0.2) is 133 Å². The number of aryl methyl sites for hydroxylation is 1. The lowest BCUT2D eigenvalue weighted by atomic mass is 10.2. The number of nitrogens with zero attached hydrogens (tertiary/aromatic N) is 1. The van der Waals surface area contributed by atoms with Crippen molar-refractivity contribution in [2.45, 2.75) is 33.1 Å². The molecule has 0 unspecified atom stereocenters. The topological polar surface area (TPSA) is 3.24 Å². The van der Waals surface area contributed by atoms with Crippen molar-refractivity contribution in [1.29, 1.82) is 0 Å². The summed E-state index contributed by atoms with van der Waals surface area (Å²) in [5.74, 6) is 0. The van der Waals surface area contributed by atoms with Gasteiger partial charge in [0.1, 0.15) is 16.1 Å². The average Bonchev–Trinajstić information content (AvgIpc) is 3.81. The summed E-state index contributed by atoms with van der Waals surface area (Å²) in [7, 11) is -2.13. The predicted molar refractivity (Wildman–Crippen MR) is 229 cm³/mol. The molecule has 246 valence electrons. The van der Waals surface area contributed by atoms with E-state index in [9.17, 15) is 0 Å². The quantitative estimate of drug-likeness (QED) is 0.137. The van der Waals surface area contributed by atoms with Gasteiger partial charge in [-0.3, -0.25) is 0 Å². The van der Waals surface area contributed by atoms with Crippen molar-refractivity contribution in [2.75, 3.05) is 19.0 Å². The summed E-state index contributed by atoms with van der Waals surface area (Å²) < 4.78 is 3.14. The molecule has 7 rings (SSSR count). The molecule has 0 aliphatic carbocycles. The van der Waals surface area contributed by atoms with Crippen molar-refractivity contribution in [1.82, 2.24) is 0 Å². The fourth-order valence-electron chi connectivity index (χ4n) is 6.96. The van der Waals surface area contributed by atoms with E-state index >= 15 is 0 Å². The minimum atomic E-state index is -2.53. The minimum absolute atomic E-state index is 1.23. The zero-order valence-corrected chi connectivity index (χ0v) is 34.3. The van der Waals surface area contributed by atoms with E-state index in [1.54, 1.807) is 19.4 Å². The van der Waals surface area contributed by atoms with Gasteiger partial charge in [-0.05, 0) is 59.9 Å². The Bertz CT molecular complexity index is 2100. The van der Waals surface area contributed by atoms with Gasteiger partial charge in [0.25, 0.3) is 0 Å². The number of hydrogen-bond donors (Lipinski definition) is 0. The van der Waals surface area contributed by atoms with Crippen LogP contribution in [0.25, 0.3) is 21.9 Å². The van der Waals surface area contributed by atoms with Gasteiger partial charge in [0.2, 0.25) is 0 Å². The Morgan fingerprint density at radius 1 is 0.551 bits per heavy atom. The van der Waals surface area contributed by atoms with E-state index in [-0.39, 0.29) is 0 Å². The highest BCUT2D eigenvalue weighted by Crippen LogP contribution is 2.37. The lowest BCUT2D eigenvalue weighted by Crippen LogP contribution is -2.73. The lowest BCUT2D eigenvalue weighted by molar-refractivity contribution is 1.13. The van der Waals surface area contributed by atoms with Crippen LogP contribution in [0.1, 0.15) is 16.7 Å². The summed E-state index contributed by atoms with van der Waals surface area (Å²) in [6, 6.07) is 46.1. The second kappa shape index (κ2) is 13.2. The second-order valence-corrected chi connectivity index (χ2v) is 29.9. The highest BCUT2D eigenvalue weighted by atomic mass is 32.1. The number of benzene rings is 4. The Balaban J connectivity index is 1.37. The van der Waals surface area contributed by atoms with Crippen molar-refractivity contribution in [3.8, 4) is 9.75 Å². The minimum Gasteiger partial charge on any atom is -0.378 e. The van der Waals surface area contributed by atoms with Gasteiger partial charge < -0.3 is 4.90 Å². The van der Waals surface area contributed by atoms with E-state index in [0.717, 1.165) is 0 Å². The second-order valence-electron chi connectivity index (χ2n) is 14.7. The van der Waals surface area contributed by atoms with Crippen LogP contribution in [0.5, 0.6) is 0 Å². The molecule has 6 heteroatoms. The summed E-state index contributed by atoms with van der Waals surface area (Å²) in [4.78, 5) is 5.21. The molecule has 0 bridgehead atoms.